The molecule has 2 heterocycles. The summed E-state index contributed by atoms with van der Waals surface area (Å²) in [6, 6.07) is 0. The second-order valence-electron chi connectivity index (χ2n) is 3.63. The van der Waals surface area contributed by atoms with Gasteiger partial charge in [0.25, 0.3) is 0 Å². The molecule has 5 nitrogen and oxygen atoms in total. The Morgan fingerprint density at radius 3 is 2.94 bits per heavy atom. The van der Waals surface area contributed by atoms with Gasteiger partial charge in [0.05, 0.1) is 11.8 Å². The van der Waals surface area contributed by atoms with Crippen LogP contribution in [0.1, 0.15) is 18.4 Å². The van der Waals surface area contributed by atoms with E-state index in [0.717, 1.165) is 28.1 Å². The number of thioether (sulfide) groups is 2. The molecule has 0 aromatic carbocycles. The smallest absolute Gasteiger partial charge is 0.239 e. The zero-order valence-corrected chi connectivity index (χ0v) is 12.6. The summed E-state index contributed by atoms with van der Waals surface area (Å²) in [4.78, 5) is 16.4. The van der Waals surface area contributed by atoms with E-state index in [1.807, 2.05) is 13.8 Å². The molecule has 0 fully saturated rings. The molecular formula is C10H14N4OS3. The summed E-state index contributed by atoms with van der Waals surface area (Å²) in [5, 5.41) is 11.9. The molecule has 0 aliphatic carbocycles. The number of carbonyl (C=O) groups excluding carboxylic acids is 1. The van der Waals surface area contributed by atoms with Crippen LogP contribution in [-0.2, 0) is 4.79 Å². The van der Waals surface area contributed by atoms with Crippen molar-refractivity contribution in [1.82, 2.24) is 10.2 Å². The lowest BCUT2D eigenvalue weighted by molar-refractivity contribution is -0.115. The van der Waals surface area contributed by atoms with E-state index < -0.39 is 0 Å². The highest BCUT2D eigenvalue weighted by atomic mass is 32.2. The standard InChI is InChI=1S/C10H14N4OS3/c1-3-7(18-10-11-4-5-16-10)8(15)12-9-14-13-6(2)17-9/h7H,3-5H2,1-2H3,(H,12,14,15). The molecule has 18 heavy (non-hydrogen) atoms. The molecule has 1 aromatic heterocycles. The van der Waals surface area contributed by atoms with Gasteiger partial charge in [-0.05, 0) is 13.3 Å². The van der Waals surface area contributed by atoms with Gasteiger partial charge in [-0.15, -0.1) is 10.2 Å². The lowest BCUT2D eigenvalue weighted by atomic mass is 10.3. The fourth-order valence-corrected chi connectivity index (χ4v) is 4.11. The molecule has 0 saturated heterocycles. The Hall–Kier alpha value is -0.600. The number of nitrogens with zero attached hydrogens (tertiary/aromatic N) is 3. The molecule has 98 valence electrons. The van der Waals surface area contributed by atoms with Gasteiger partial charge < -0.3 is 0 Å². The number of aromatic nitrogens is 2. The average molecular weight is 302 g/mol. The highest BCUT2D eigenvalue weighted by molar-refractivity contribution is 8.39. The molecule has 1 aliphatic heterocycles. The molecule has 1 aromatic rings. The minimum atomic E-state index is -0.112. The van der Waals surface area contributed by atoms with E-state index in [-0.39, 0.29) is 11.2 Å². The number of hydrogen-bond donors (Lipinski definition) is 1. The van der Waals surface area contributed by atoms with E-state index in [0.29, 0.717) is 5.13 Å². The quantitative estimate of drug-likeness (QED) is 0.925. The summed E-state index contributed by atoms with van der Waals surface area (Å²) in [5.74, 6) is 1.00. The maximum Gasteiger partial charge on any atom is 0.239 e. The van der Waals surface area contributed by atoms with Crippen molar-refractivity contribution in [3.63, 3.8) is 0 Å². The summed E-state index contributed by atoms with van der Waals surface area (Å²) in [6.07, 6.45) is 0.772. The van der Waals surface area contributed by atoms with Crippen LogP contribution in [0.5, 0.6) is 0 Å². The van der Waals surface area contributed by atoms with Crippen LogP contribution in [0.15, 0.2) is 4.99 Å². The van der Waals surface area contributed by atoms with Gasteiger partial charge in [0.1, 0.15) is 9.38 Å². The van der Waals surface area contributed by atoms with E-state index in [1.165, 1.54) is 11.3 Å². The zero-order chi connectivity index (χ0) is 13.0. The van der Waals surface area contributed by atoms with Crippen molar-refractivity contribution in [3.8, 4) is 0 Å². The number of aliphatic imine (C=N–C) groups is 1. The third-order valence-corrected chi connectivity index (χ3v) is 5.54. The Morgan fingerprint density at radius 1 is 1.56 bits per heavy atom. The van der Waals surface area contributed by atoms with Gasteiger partial charge in [0, 0.05) is 5.75 Å². The summed E-state index contributed by atoms with van der Waals surface area (Å²) in [5.41, 5.74) is 0. The second-order valence-corrected chi connectivity index (χ2v) is 7.34. The third-order valence-electron chi connectivity index (χ3n) is 2.22. The van der Waals surface area contributed by atoms with Crippen molar-refractivity contribution in [2.75, 3.05) is 17.6 Å². The normalized spacial score (nSPS) is 16.4. The SMILES string of the molecule is CCC(SC1=NCCS1)C(=O)Nc1nnc(C)s1. The van der Waals surface area contributed by atoms with E-state index >= 15 is 0 Å². The molecule has 0 bridgehead atoms. The molecule has 1 unspecified atom stereocenters. The number of rotatable bonds is 4. The van der Waals surface area contributed by atoms with Crippen molar-refractivity contribution in [2.45, 2.75) is 25.5 Å². The first-order chi connectivity index (χ1) is 8.69. The fraction of sp³-hybridized carbons (Fsp3) is 0.600. The Labute approximate surface area is 118 Å². The van der Waals surface area contributed by atoms with Gasteiger partial charge in [0.2, 0.25) is 11.0 Å². The van der Waals surface area contributed by atoms with Crippen LogP contribution in [0, 0.1) is 6.92 Å². The predicted molar refractivity (Wildman–Crippen MR) is 79.7 cm³/mol. The lowest BCUT2D eigenvalue weighted by Gasteiger charge is -2.12. The highest BCUT2D eigenvalue weighted by Gasteiger charge is 2.22. The van der Waals surface area contributed by atoms with Gasteiger partial charge in [-0.2, -0.15) is 0 Å². The average Bonchev–Trinajstić information content (AvgIpc) is 2.97. The number of hydrogen-bond acceptors (Lipinski definition) is 7. The lowest BCUT2D eigenvalue weighted by Crippen LogP contribution is -2.25. The zero-order valence-electron chi connectivity index (χ0n) is 10.2. The number of anilines is 1. The van der Waals surface area contributed by atoms with E-state index in [4.69, 9.17) is 0 Å². The largest absolute Gasteiger partial charge is 0.300 e. The molecule has 1 aliphatic rings. The van der Waals surface area contributed by atoms with Crippen molar-refractivity contribution in [2.24, 2.45) is 4.99 Å². The van der Waals surface area contributed by atoms with Gasteiger partial charge in [-0.3, -0.25) is 15.1 Å². The fourth-order valence-electron chi connectivity index (χ4n) is 1.36. The first kappa shape index (κ1) is 13.8. The summed E-state index contributed by atoms with van der Waals surface area (Å²) >= 11 is 4.65. The number of nitrogens with one attached hydrogen (secondary N) is 1. The van der Waals surface area contributed by atoms with Crippen molar-refractivity contribution < 1.29 is 4.79 Å². The van der Waals surface area contributed by atoms with E-state index in [1.54, 1.807) is 23.5 Å². The molecule has 1 N–H and O–H groups in total. The minimum absolute atomic E-state index is 0.0196. The Bertz CT molecular complexity index is 460. The van der Waals surface area contributed by atoms with Crippen LogP contribution in [0.2, 0.25) is 0 Å². The van der Waals surface area contributed by atoms with E-state index in [9.17, 15) is 4.79 Å². The Balaban J connectivity index is 1.92. The van der Waals surface area contributed by atoms with Gasteiger partial charge in [0.15, 0.2) is 0 Å². The first-order valence-corrected chi connectivity index (χ1v) is 8.32. The Kier molecular flexibility index (Phi) is 5.02. The predicted octanol–water partition coefficient (Wildman–Crippen LogP) is 2.40. The molecule has 2 rings (SSSR count). The van der Waals surface area contributed by atoms with Gasteiger partial charge in [-0.1, -0.05) is 41.8 Å². The maximum absolute atomic E-state index is 12.1. The molecule has 1 amide bonds. The monoisotopic (exact) mass is 302 g/mol. The molecule has 0 saturated carbocycles. The van der Waals surface area contributed by atoms with Crippen molar-refractivity contribution in [1.29, 1.82) is 0 Å². The van der Waals surface area contributed by atoms with Gasteiger partial charge >= 0.3 is 0 Å². The van der Waals surface area contributed by atoms with Crippen LogP contribution in [0.25, 0.3) is 0 Å². The van der Waals surface area contributed by atoms with Crippen LogP contribution in [-0.4, -0.2) is 38.0 Å². The van der Waals surface area contributed by atoms with Gasteiger partial charge in [-0.25, -0.2) is 0 Å². The molecule has 1 atom stereocenters. The number of amides is 1. The summed E-state index contributed by atoms with van der Waals surface area (Å²) < 4.78 is 1.02. The second kappa shape index (κ2) is 6.53. The van der Waals surface area contributed by atoms with Crippen LogP contribution in [0.4, 0.5) is 5.13 Å². The number of aryl methyl sites for hydroxylation is 1. The highest BCUT2D eigenvalue weighted by Crippen LogP contribution is 2.28. The summed E-state index contributed by atoms with van der Waals surface area (Å²) in [6.45, 7) is 4.73. The summed E-state index contributed by atoms with van der Waals surface area (Å²) in [7, 11) is 0. The first-order valence-electron chi connectivity index (χ1n) is 5.64. The Morgan fingerprint density at radius 2 is 2.39 bits per heavy atom. The van der Waals surface area contributed by atoms with Crippen LogP contribution >= 0.6 is 34.9 Å². The van der Waals surface area contributed by atoms with Crippen LogP contribution < -0.4 is 5.32 Å². The maximum atomic E-state index is 12.1. The van der Waals surface area contributed by atoms with E-state index in [2.05, 4.69) is 20.5 Å². The van der Waals surface area contributed by atoms with Crippen molar-refractivity contribution >= 4 is 50.3 Å². The van der Waals surface area contributed by atoms with Crippen molar-refractivity contribution in [3.05, 3.63) is 5.01 Å². The molecule has 8 heteroatoms. The third kappa shape index (κ3) is 3.69. The molecule has 0 radical (unpaired) electrons. The topological polar surface area (TPSA) is 67.2 Å². The number of carbonyl (C=O) groups is 1. The molecular weight excluding hydrogens is 288 g/mol. The molecule has 0 spiro atoms. The minimum Gasteiger partial charge on any atom is -0.300 e. The van der Waals surface area contributed by atoms with Crippen LogP contribution in [0.3, 0.4) is 0 Å².